The molecule has 3 N–H and O–H groups in total. The predicted octanol–water partition coefficient (Wildman–Crippen LogP) is 7.49. The summed E-state index contributed by atoms with van der Waals surface area (Å²) in [7, 11) is 0. The third-order valence-electron chi connectivity index (χ3n) is 6.45. The number of allylic oxidation sites excluding steroid dienone is 2. The summed E-state index contributed by atoms with van der Waals surface area (Å²) in [6.07, 6.45) is -0.160. The molecule has 242 valence electrons. The number of ether oxygens (including phenoxy) is 1. The van der Waals surface area contributed by atoms with E-state index in [1.807, 2.05) is 6.92 Å². The number of aromatic hydroxyl groups is 1. The number of carboxylic acids is 1. The maximum absolute atomic E-state index is 13.6. The van der Waals surface area contributed by atoms with Crippen molar-refractivity contribution in [2.75, 3.05) is 6.61 Å². The summed E-state index contributed by atoms with van der Waals surface area (Å²) < 4.78 is 48.2. The number of aliphatic hydroxyl groups excluding tert-OH is 1. The van der Waals surface area contributed by atoms with Crippen molar-refractivity contribution < 1.29 is 47.2 Å². The third-order valence-corrected chi connectivity index (χ3v) is 8.54. The van der Waals surface area contributed by atoms with Crippen LogP contribution in [0.5, 0.6) is 11.5 Å². The molecule has 2 atom stereocenters. The molecule has 0 aliphatic rings. The molecule has 3 rings (SSSR count). The summed E-state index contributed by atoms with van der Waals surface area (Å²) in [6, 6.07) is 7.88. The number of phenols is 1. The smallest absolute Gasteiger partial charge is 0.424 e. The Morgan fingerprint density at radius 2 is 1.84 bits per heavy atom. The van der Waals surface area contributed by atoms with Crippen molar-refractivity contribution in [3.05, 3.63) is 87.8 Å². The van der Waals surface area contributed by atoms with Crippen LogP contribution in [0.3, 0.4) is 0 Å². The van der Waals surface area contributed by atoms with Gasteiger partial charge in [-0.05, 0) is 50.1 Å². The Hall–Kier alpha value is -3.45. The number of thioether (sulfide) groups is 1. The van der Waals surface area contributed by atoms with Crippen molar-refractivity contribution in [1.82, 2.24) is 0 Å². The molecule has 14 heteroatoms. The van der Waals surface area contributed by atoms with Crippen molar-refractivity contribution >= 4 is 57.7 Å². The monoisotopic (exact) mass is 688 g/mol. The van der Waals surface area contributed by atoms with Crippen molar-refractivity contribution in [3.8, 4) is 11.5 Å². The lowest BCUT2D eigenvalue weighted by Crippen LogP contribution is -2.49. The van der Waals surface area contributed by atoms with E-state index in [2.05, 4.69) is 0 Å². The van der Waals surface area contributed by atoms with E-state index in [-0.39, 0.29) is 39.6 Å². The first-order valence-corrected chi connectivity index (χ1v) is 15.1. The normalized spacial score (nSPS) is 13.9. The van der Waals surface area contributed by atoms with Gasteiger partial charge in [0.25, 0.3) is 0 Å². The number of carboxylic acid groups (broad SMARTS) is 1. The summed E-state index contributed by atoms with van der Waals surface area (Å²) in [6.45, 7) is 3.45. The van der Waals surface area contributed by atoms with E-state index in [9.17, 15) is 42.9 Å². The Balaban J connectivity index is 1.78. The van der Waals surface area contributed by atoms with E-state index >= 15 is 0 Å². The molecule has 0 saturated carbocycles. The number of phenolic OH excluding ortho intramolecular Hbond substituents is 1. The zero-order valence-electron chi connectivity index (χ0n) is 23.9. The van der Waals surface area contributed by atoms with Gasteiger partial charge >= 0.3 is 12.1 Å². The first-order chi connectivity index (χ1) is 21.1. The molecular weight excluding hydrogens is 660 g/mol. The number of aliphatic hydroxyl groups is 1. The maximum atomic E-state index is 13.6. The molecule has 0 fully saturated rings. The Kier molecular flexibility index (Phi) is 12.2. The maximum Gasteiger partial charge on any atom is 0.424 e. The van der Waals surface area contributed by atoms with Crippen molar-refractivity contribution in [3.63, 3.8) is 0 Å². The number of carbonyl (C=O) groups excluding carboxylic acids is 1. The fourth-order valence-corrected chi connectivity index (χ4v) is 5.73. The first-order valence-electron chi connectivity index (χ1n) is 13.5. The number of ketones is 1. The molecule has 0 unspecified atom stereocenters. The van der Waals surface area contributed by atoms with Gasteiger partial charge in [0.2, 0.25) is 10.1 Å². The minimum Gasteiger partial charge on any atom is -0.507 e. The molecular formula is C31H29Cl2F3O8S. The van der Waals surface area contributed by atoms with Crippen LogP contribution in [-0.2, 0) is 6.42 Å². The van der Waals surface area contributed by atoms with Gasteiger partial charge in [-0.1, -0.05) is 60.9 Å². The van der Waals surface area contributed by atoms with Crippen LogP contribution in [0, 0.1) is 0 Å². The molecule has 0 aliphatic heterocycles. The molecule has 0 bridgehead atoms. The topological polar surface area (TPSA) is 134 Å². The van der Waals surface area contributed by atoms with Gasteiger partial charge in [-0.3, -0.25) is 9.59 Å². The molecule has 3 aromatic rings. The second kappa shape index (κ2) is 15.2. The number of halogens is 5. The molecule has 0 radical (unpaired) electrons. The molecule has 8 nitrogen and oxygen atoms in total. The molecule has 0 saturated heterocycles. The molecule has 1 heterocycles. The highest BCUT2D eigenvalue weighted by Crippen LogP contribution is 2.46. The highest BCUT2D eigenvalue weighted by molar-refractivity contribution is 8.00. The lowest BCUT2D eigenvalue weighted by Gasteiger charge is -2.31. The van der Waals surface area contributed by atoms with E-state index in [1.54, 1.807) is 12.1 Å². The summed E-state index contributed by atoms with van der Waals surface area (Å²) in [4.78, 5) is 35.5. The van der Waals surface area contributed by atoms with Crippen LogP contribution in [-0.4, -0.2) is 55.5 Å². The lowest BCUT2D eigenvalue weighted by molar-refractivity contribution is -0.160. The molecule has 45 heavy (non-hydrogen) atoms. The van der Waals surface area contributed by atoms with E-state index in [0.717, 1.165) is 17.8 Å². The van der Waals surface area contributed by atoms with Crippen LogP contribution in [0.15, 0.2) is 74.8 Å². The van der Waals surface area contributed by atoms with Gasteiger partial charge in [-0.15, -0.1) is 11.8 Å². The summed E-state index contributed by atoms with van der Waals surface area (Å²) >= 11 is 11.8. The standard InChI is InChI=1S/C31H29Cl2F3O8S/c1-3-8-21-23(13-12-19(17(2)37)27(21)39)43-14-7-5-4-6-9-26(28(40)30(32,33)31(34,35)36)45-18-10-11-20-22(38)16-25(29(41)42)44-24(20)15-18/h4-6,9-13,15-16,26,28,39-40H,3,7-8,14H2,1-2H3,(H,41,42)/b5-4-,9-6+/t26-,28+/m0/s1. The third kappa shape index (κ3) is 8.84. The molecule has 0 amide bonds. The average molecular weight is 690 g/mol. The zero-order valence-corrected chi connectivity index (χ0v) is 26.3. The van der Waals surface area contributed by atoms with Crippen LogP contribution in [0.25, 0.3) is 11.0 Å². The molecule has 2 aromatic carbocycles. The zero-order chi connectivity index (χ0) is 33.5. The number of carbonyl (C=O) groups is 2. The highest BCUT2D eigenvalue weighted by atomic mass is 35.5. The van der Waals surface area contributed by atoms with Gasteiger partial charge in [0.05, 0.1) is 22.8 Å². The number of Topliss-reactive ketones (excluding diaryl/α,β-unsaturated/α-hetero) is 1. The first kappa shape index (κ1) is 36.0. The number of alkyl halides is 5. The summed E-state index contributed by atoms with van der Waals surface area (Å²) in [5.41, 5.74) is -0.0236. The van der Waals surface area contributed by atoms with E-state index in [1.165, 1.54) is 49.4 Å². The Labute approximate surface area is 270 Å². The Morgan fingerprint density at radius 3 is 2.47 bits per heavy atom. The largest absolute Gasteiger partial charge is 0.507 e. The SMILES string of the molecule is CCCc1c(OCC/C=C\C=C\[C@H](Sc2ccc3c(=O)cc(C(=O)O)oc3c2)[C@@H](O)C(Cl)(Cl)C(F)(F)F)ccc(C(C)=O)c1O. The van der Waals surface area contributed by atoms with E-state index in [4.69, 9.17) is 32.4 Å². The second-order valence-corrected chi connectivity index (χ2v) is 12.4. The molecule has 1 aromatic heterocycles. The average Bonchev–Trinajstić information content (AvgIpc) is 2.96. The second-order valence-electron chi connectivity index (χ2n) is 9.78. The van der Waals surface area contributed by atoms with Crippen molar-refractivity contribution in [1.29, 1.82) is 0 Å². The van der Waals surface area contributed by atoms with Crippen LogP contribution in [0.4, 0.5) is 13.2 Å². The van der Waals surface area contributed by atoms with E-state index < -0.39 is 39.0 Å². The van der Waals surface area contributed by atoms with Gasteiger partial charge in [0, 0.05) is 16.5 Å². The number of fused-ring (bicyclic) bond motifs is 1. The van der Waals surface area contributed by atoms with Crippen LogP contribution in [0.2, 0.25) is 0 Å². The molecule has 0 spiro atoms. The van der Waals surface area contributed by atoms with Gasteiger partial charge in [-0.2, -0.15) is 13.2 Å². The Bertz CT molecular complexity index is 1670. The van der Waals surface area contributed by atoms with Crippen LogP contribution < -0.4 is 10.2 Å². The predicted molar refractivity (Wildman–Crippen MR) is 166 cm³/mol. The van der Waals surface area contributed by atoms with Crippen LogP contribution in [0.1, 0.15) is 53.2 Å². The minimum atomic E-state index is -5.18. The van der Waals surface area contributed by atoms with Crippen LogP contribution >= 0.6 is 35.0 Å². The van der Waals surface area contributed by atoms with Gasteiger partial charge in [0.1, 0.15) is 23.2 Å². The van der Waals surface area contributed by atoms with Crippen molar-refractivity contribution in [2.45, 2.75) is 59.9 Å². The fourth-order valence-electron chi connectivity index (χ4n) is 4.17. The number of hydrogen-bond acceptors (Lipinski definition) is 8. The number of hydrogen-bond donors (Lipinski definition) is 3. The Morgan fingerprint density at radius 1 is 1.13 bits per heavy atom. The minimum absolute atomic E-state index is 0.0493. The van der Waals surface area contributed by atoms with Crippen molar-refractivity contribution in [2.24, 2.45) is 0 Å². The number of rotatable bonds is 14. The number of benzene rings is 2. The summed E-state index contributed by atoms with van der Waals surface area (Å²) in [5, 5.41) is 29.0. The van der Waals surface area contributed by atoms with E-state index in [0.29, 0.717) is 30.6 Å². The van der Waals surface area contributed by atoms with Gasteiger partial charge in [0.15, 0.2) is 11.2 Å². The quantitative estimate of drug-likeness (QED) is 0.0518. The van der Waals surface area contributed by atoms with Gasteiger partial charge < -0.3 is 24.5 Å². The fraction of sp³-hybridized carbons (Fsp3) is 0.323. The highest BCUT2D eigenvalue weighted by Gasteiger charge is 2.59. The lowest BCUT2D eigenvalue weighted by atomic mass is 10.0. The summed E-state index contributed by atoms with van der Waals surface area (Å²) in [5.74, 6) is -2.07. The van der Waals surface area contributed by atoms with Gasteiger partial charge in [-0.25, -0.2) is 4.79 Å². The molecule has 0 aliphatic carbocycles. The number of aromatic carboxylic acids is 1.